The van der Waals surface area contributed by atoms with Crippen LogP contribution in [0.3, 0.4) is 0 Å². The highest BCUT2D eigenvalue weighted by molar-refractivity contribution is 9.10. The molecule has 0 unspecified atom stereocenters. The Bertz CT molecular complexity index is 387. The average molecular weight is 226 g/mol. The Hall–Kier alpha value is -0.960. The number of hydrogen-bond donors (Lipinski definition) is 0. The highest BCUT2D eigenvalue weighted by Gasteiger charge is 2.02. The van der Waals surface area contributed by atoms with E-state index in [2.05, 4.69) is 20.9 Å². The molecule has 60 valence electrons. The summed E-state index contributed by atoms with van der Waals surface area (Å²) >= 11 is 3.32. The third-order valence-electron chi connectivity index (χ3n) is 1.67. The van der Waals surface area contributed by atoms with Gasteiger partial charge < -0.3 is 0 Å². The molecule has 0 bridgehead atoms. The lowest BCUT2D eigenvalue weighted by molar-refractivity contribution is 0.636. The van der Waals surface area contributed by atoms with Gasteiger partial charge in [0.1, 0.15) is 11.3 Å². The van der Waals surface area contributed by atoms with Crippen molar-refractivity contribution in [1.29, 1.82) is 0 Å². The monoisotopic (exact) mass is 225 g/mol. The van der Waals surface area contributed by atoms with Crippen LogP contribution in [0, 0.1) is 5.82 Å². The first-order chi connectivity index (χ1) is 5.79. The molecule has 0 aliphatic heterocycles. The summed E-state index contributed by atoms with van der Waals surface area (Å²) < 4.78 is 14.0. The number of fused-ring (bicyclic) bond motifs is 1. The number of benzene rings is 1. The number of halogens is 2. The van der Waals surface area contributed by atoms with E-state index in [0.29, 0.717) is 5.52 Å². The van der Waals surface area contributed by atoms with Gasteiger partial charge in [-0.15, -0.1) is 0 Å². The first-order valence-electron chi connectivity index (χ1n) is 3.48. The van der Waals surface area contributed by atoms with Crippen LogP contribution >= 0.6 is 15.9 Å². The minimum Gasteiger partial charge on any atom is -0.253 e. The molecule has 1 heterocycles. The number of nitrogens with zero attached hydrogens (tertiary/aromatic N) is 1. The second kappa shape index (κ2) is 2.83. The fraction of sp³-hybridized carbons (Fsp3) is 0. The molecule has 0 saturated heterocycles. The molecule has 2 rings (SSSR count). The van der Waals surface area contributed by atoms with Crippen molar-refractivity contribution in [2.24, 2.45) is 0 Å². The Morgan fingerprint density at radius 2 is 2.08 bits per heavy atom. The Kier molecular flexibility index (Phi) is 1.81. The Morgan fingerprint density at radius 3 is 2.83 bits per heavy atom. The maximum atomic E-state index is 13.1. The maximum Gasteiger partial charge on any atom is 0.149 e. The van der Waals surface area contributed by atoms with Crippen molar-refractivity contribution in [1.82, 2.24) is 4.98 Å². The van der Waals surface area contributed by atoms with Gasteiger partial charge in [0.25, 0.3) is 0 Å². The normalized spacial score (nSPS) is 10.5. The van der Waals surface area contributed by atoms with E-state index in [0.717, 1.165) is 9.86 Å². The molecule has 12 heavy (non-hydrogen) atoms. The van der Waals surface area contributed by atoms with Gasteiger partial charge in [-0.1, -0.05) is 22.0 Å². The van der Waals surface area contributed by atoms with Gasteiger partial charge in [-0.05, 0) is 18.2 Å². The fourth-order valence-electron chi connectivity index (χ4n) is 1.10. The highest BCUT2D eigenvalue weighted by Crippen LogP contribution is 2.23. The minimum atomic E-state index is -0.284. The maximum absolute atomic E-state index is 13.1. The van der Waals surface area contributed by atoms with E-state index in [4.69, 9.17) is 0 Å². The second-order valence-electron chi connectivity index (χ2n) is 2.43. The molecule has 0 N–H and O–H groups in total. The molecular weight excluding hydrogens is 221 g/mol. The molecule has 0 fully saturated rings. The van der Waals surface area contributed by atoms with Gasteiger partial charge in [-0.2, -0.15) is 0 Å². The van der Waals surface area contributed by atoms with Gasteiger partial charge in [-0.3, -0.25) is 4.98 Å². The highest BCUT2D eigenvalue weighted by atomic mass is 79.9. The van der Waals surface area contributed by atoms with Crippen molar-refractivity contribution < 1.29 is 4.39 Å². The Balaban J connectivity index is 2.95. The van der Waals surface area contributed by atoms with Gasteiger partial charge in [0.05, 0.1) is 0 Å². The summed E-state index contributed by atoms with van der Waals surface area (Å²) in [5.41, 5.74) is 0.409. The van der Waals surface area contributed by atoms with Gasteiger partial charge >= 0.3 is 0 Å². The molecule has 1 aromatic carbocycles. The predicted octanol–water partition coefficient (Wildman–Crippen LogP) is 3.14. The van der Waals surface area contributed by atoms with Crippen molar-refractivity contribution in [2.75, 3.05) is 0 Å². The number of aromatic nitrogens is 1. The fourth-order valence-corrected chi connectivity index (χ4v) is 1.56. The molecule has 0 aliphatic rings. The summed E-state index contributed by atoms with van der Waals surface area (Å²) in [7, 11) is 0. The van der Waals surface area contributed by atoms with Gasteiger partial charge in [0.15, 0.2) is 0 Å². The molecule has 1 nitrogen and oxygen atoms in total. The van der Waals surface area contributed by atoms with Crippen LogP contribution in [-0.2, 0) is 0 Å². The van der Waals surface area contributed by atoms with E-state index < -0.39 is 0 Å². The van der Waals surface area contributed by atoms with Crippen LogP contribution in [0.2, 0.25) is 0 Å². The van der Waals surface area contributed by atoms with Crippen molar-refractivity contribution in [3.05, 3.63) is 40.8 Å². The Labute approximate surface area is 77.4 Å². The van der Waals surface area contributed by atoms with Crippen LogP contribution in [0.25, 0.3) is 10.9 Å². The van der Waals surface area contributed by atoms with E-state index in [1.54, 1.807) is 18.3 Å². The summed E-state index contributed by atoms with van der Waals surface area (Å²) in [6, 6.07) is 6.70. The third-order valence-corrected chi connectivity index (χ3v) is 2.36. The lowest BCUT2D eigenvalue weighted by Gasteiger charge is -1.99. The van der Waals surface area contributed by atoms with Crippen LogP contribution in [0.1, 0.15) is 0 Å². The van der Waals surface area contributed by atoms with E-state index in [1.165, 1.54) is 6.07 Å². The smallest absolute Gasteiger partial charge is 0.149 e. The van der Waals surface area contributed by atoms with Gasteiger partial charge in [0, 0.05) is 16.1 Å². The van der Waals surface area contributed by atoms with Crippen molar-refractivity contribution in [3.8, 4) is 0 Å². The van der Waals surface area contributed by atoms with Crippen LogP contribution in [0.5, 0.6) is 0 Å². The summed E-state index contributed by atoms with van der Waals surface area (Å²) in [6.07, 6.45) is 1.58. The van der Waals surface area contributed by atoms with Crippen LogP contribution in [0.15, 0.2) is 34.9 Å². The van der Waals surface area contributed by atoms with Crippen molar-refractivity contribution >= 4 is 26.8 Å². The molecule has 3 heteroatoms. The molecule has 0 amide bonds. The molecular formula is C9H5BrFN. The second-order valence-corrected chi connectivity index (χ2v) is 3.28. The zero-order valence-corrected chi connectivity index (χ0v) is 7.68. The van der Waals surface area contributed by atoms with Crippen LogP contribution in [0.4, 0.5) is 4.39 Å². The predicted molar refractivity (Wildman–Crippen MR) is 49.4 cm³/mol. The van der Waals surface area contributed by atoms with Crippen molar-refractivity contribution in [3.63, 3.8) is 0 Å². The zero-order chi connectivity index (χ0) is 8.55. The molecule has 0 saturated carbocycles. The zero-order valence-electron chi connectivity index (χ0n) is 6.09. The topological polar surface area (TPSA) is 12.9 Å². The molecule has 0 radical (unpaired) electrons. The SMILES string of the molecule is Fc1ccc(Br)c2cccnc12. The van der Waals surface area contributed by atoms with Gasteiger partial charge in [-0.25, -0.2) is 4.39 Å². The van der Waals surface area contributed by atoms with E-state index in [-0.39, 0.29) is 5.82 Å². The summed E-state index contributed by atoms with van der Waals surface area (Å²) in [6.45, 7) is 0. The minimum absolute atomic E-state index is 0.284. The number of pyridine rings is 1. The quantitative estimate of drug-likeness (QED) is 0.672. The van der Waals surface area contributed by atoms with Gasteiger partial charge in [0.2, 0.25) is 0 Å². The molecule has 0 spiro atoms. The molecule has 0 aliphatic carbocycles. The van der Waals surface area contributed by atoms with E-state index in [9.17, 15) is 4.39 Å². The lowest BCUT2D eigenvalue weighted by Crippen LogP contribution is -1.83. The first-order valence-corrected chi connectivity index (χ1v) is 4.27. The summed E-state index contributed by atoms with van der Waals surface area (Å²) in [5, 5.41) is 0.803. The largest absolute Gasteiger partial charge is 0.253 e. The lowest BCUT2D eigenvalue weighted by atomic mass is 10.2. The molecule has 1 aromatic heterocycles. The Morgan fingerprint density at radius 1 is 1.25 bits per heavy atom. The molecule has 2 aromatic rings. The van der Waals surface area contributed by atoms with Crippen LogP contribution < -0.4 is 0 Å². The molecule has 0 atom stereocenters. The average Bonchev–Trinajstić information content (AvgIpc) is 2.12. The number of rotatable bonds is 0. The van der Waals surface area contributed by atoms with E-state index >= 15 is 0 Å². The first kappa shape index (κ1) is 7.68. The summed E-state index contributed by atoms with van der Waals surface area (Å²) in [4.78, 5) is 3.94. The third kappa shape index (κ3) is 1.10. The standard InChI is InChI=1S/C9H5BrFN/c10-7-3-4-8(11)9-6(7)2-1-5-12-9/h1-5H. The summed E-state index contributed by atoms with van der Waals surface area (Å²) in [5.74, 6) is -0.284. The van der Waals surface area contributed by atoms with E-state index in [1.807, 2.05) is 6.07 Å². The number of hydrogen-bond acceptors (Lipinski definition) is 1. The van der Waals surface area contributed by atoms with Crippen molar-refractivity contribution in [2.45, 2.75) is 0 Å². The van der Waals surface area contributed by atoms with Crippen LogP contribution in [-0.4, -0.2) is 4.98 Å².